The molecule has 2 heterocycles. The van der Waals surface area contributed by atoms with Crippen LogP contribution in [0.1, 0.15) is 77.8 Å². The van der Waals surface area contributed by atoms with Crippen molar-refractivity contribution < 1.29 is 19.1 Å². The quantitative estimate of drug-likeness (QED) is 0.683. The van der Waals surface area contributed by atoms with Crippen LogP contribution in [0.2, 0.25) is 0 Å². The lowest BCUT2D eigenvalue weighted by Crippen LogP contribution is -2.52. The fourth-order valence-corrected chi connectivity index (χ4v) is 4.59. The van der Waals surface area contributed by atoms with Crippen molar-refractivity contribution in [1.29, 1.82) is 0 Å². The number of likely N-dealkylation sites (tertiary alicyclic amines) is 1. The van der Waals surface area contributed by atoms with E-state index in [0.29, 0.717) is 13.0 Å². The minimum absolute atomic E-state index is 0.0178. The Hall–Kier alpha value is -2.37. The van der Waals surface area contributed by atoms with E-state index in [2.05, 4.69) is 13.8 Å². The van der Waals surface area contributed by atoms with Gasteiger partial charge in [-0.3, -0.25) is 9.59 Å². The average molecular weight is 429 g/mol. The molecule has 0 aromatic heterocycles. The molecule has 1 aromatic carbocycles. The third kappa shape index (κ3) is 5.66. The molecule has 3 rings (SSSR count). The van der Waals surface area contributed by atoms with Gasteiger partial charge in [-0.2, -0.15) is 0 Å². The first-order valence-electron chi connectivity index (χ1n) is 11.4. The molecule has 0 aliphatic carbocycles. The fraction of sp³-hybridized carbons (Fsp3) is 0.640. The first kappa shape index (κ1) is 23.3. The lowest BCUT2D eigenvalue weighted by molar-refractivity contribution is -0.166. The smallest absolute Gasteiger partial charge is 0.329 e. The Morgan fingerprint density at radius 2 is 1.68 bits per heavy atom. The van der Waals surface area contributed by atoms with Crippen LogP contribution in [-0.4, -0.2) is 51.3 Å². The van der Waals surface area contributed by atoms with Crippen molar-refractivity contribution in [2.45, 2.75) is 96.9 Å². The van der Waals surface area contributed by atoms with E-state index in [0.717, 1.165) is 36.9 Å². The van der Waals surface area contributed by atoms with Crippen molar-refractivity contribution in [2.75, 3.05) is 6.54 Å². The molecule has 1 atom stereocenters. The number of esters is 1. The van der Waals surface area contributed by atoms with Crippen LogP contribution < -0.4 is 0 Å². The summed E-state index contributed by atoms with van der Waals surface area (Å²) in [7, 11) is 0. The normalized spacial score (nSPS) is 20.7. The maximum Gasteiger partial charge on any atom is 0.329 e. The first-order valence-corrected chi connectivity index (χ1v) is 11.4. The highest BCUT2D eigenvalue weighted by atomic mass is 16.6. The van der Waals surface area contributed by atoms with E-state index in [9.17, 15) is 14.4 Å². The van der Waals surface area contributed by atoms with Crippen molar-refractivity contribution in [3.63, 3.8) is 0 Å². The van der Waals surface area contributed by atoms with Gasteiger partial charge in [-0.05, 0) is 65.0 Å². The van der Waals surface area contributed by atoms with Crippen molar-refractivity contribution in [3.05, 3.63) is 35.4 Å². The van der Waals surface area contributed by atoms with Crippen LogP contribution in [0, 0.1) is 0 Å². The molecular formula is C25H36N2O4. The largest absolute Gasteiger partial charge is 0.458 e. The molecule has 0 saturated carbocycles. The van der Waals surface area contributed by atoms with Gasteiger partial charge in [0.15, 0.2) is 0 Å². The molecule has 0 unspecified atom stereocenters. The number of hydrogen-bond acceptors (Lipinski definition) is 4. The number of carbonyl (C=O) groups excluding carboxylic acids is 3. The fourth-order valence-electron chi connectivity index (χ4n) is 4.59. The molecule has 0 N–H and O–H groups in total. The second-order valence-corrected chi connectivity index (χ2v) is 10.4. The van der Waals surface area contributed by atoms with Gasteiger partial charge in [-0.25, -0.2) is 4.79 Å². The molecule has 31 heavy (non-hydrogen) atoms. The van der Waals surface area contributed by atoms with Gasteiger partial charge in [0.1, 0.15) is 11.6 Å². The molecule has 0 spiro atoms. The monoisotopic (exact) mass is 428 g/mol. The third-order valence-electron chi connectivity index (χ3n) is 6.25. The second-order valence-electron chi connectivity index (χ2n) is 10.4. The van der Waals surface area contributed by atoms with Crippen molar-refractivity contribution >= 4 is 17.8 Å². The van der Waals surface area contributed by atoms with Gasteiger partial charge in [-0.1, -0.05) is 24.3 Å². The number of rotatable bonds is 4. The molecule has 0 bridgehead atoms. The molecular weight excluding hydrogens is 392 g/mol. The van der Waals surface area contributed by atoms with E-state index in [1.54, 1.807) is 4.90 Å². The first-order chi connectivity index (χ1) is 14.5. The van der Waals surface area contributed by atoms with Crippen LogP contribution in [-0.2, 0) is 32.1 Å². The molecule has 6 heteroatoms. The van der Waals surface area contributed by atoms with Crippen LogP contribution >= 0.6 is 0 Å². The van der Waals surface area contributed by atoms with Crippen molar-refractivity contribution in [1.82, 2.24) is 9.80 Å². The van der Waals surface area contributed by atoms with Crippen LogP contribution in [0.3, 0.4) is 0 Å². The van der Waals surface area contributed by atoms with Crippen LogP contribution in [0.5, 0.6) is 0 Å². The lowest BCUT2D eigenvalue weighted by atomic mass is 9.90. The zero-order valence-corrected chi connectivity index (χ0v) is 19.6. The summed E-state index contributed by atoms with van der Waals surface area (Å²) in [5.74, 6) is -0.545. The van der Waals surface area contributed by atoms with Gasteiger partial charge >= 0.3 is 5.97 Å². The zero-order valence-electron chi connectivity index (χ0n) is 19.6. The molecule has 1 fully saturated rings. The summed E-state index contributed by atoms with van der Waals surface area (Å²) in [5.41, 5.74) is 1.31. The van der Waals surface area contributed by atoms with E-state index in [1.807, 2.05) is 49.9 Å². The lowest BCUT2D eigenvalue weighted by Gasteiger charge is -2.42. The maximum absolute atomic E-state index is 13.2. The van der Waals surface area contributed by atoms with Crippen molar-refractivity contribution in [2.24, 2.45) is 0 Å². The Balaban J connectivity index is 1.72. The molecule has 0 radical (unpaired) electrons. The molecule has 2 aliphatic rings. The number of carbonyl (C=O) groups is 3. The van der Waals surface area contributed by atoms with Gasteiger partial charge < -0.3 is 14.5 Å². The minimum Gasteiger partial charge on any atom is -0.458 e. The number of amides is 2. The van der Waals surface area contributed by atoms with E-state index in [1.165, 1.54) is 0 Å². The van der Waals surface area contributed by atoms with Crippen LogP contribution in [0.4, 0.5) is 0 Å². The molecule has 6 nitrogen and oxygen atoms in total. The Kier molecular flexibility index (Phi) is 6.77. The minimum atomic E-state index is -0.664. The summed E-state index contributed by atoms with van der Waals surface area (Å²) >= 11 is 0. The van der Waals surface area contributed by atoms with E-state index >= 15 is 0 Å². The standard InChI is InChI=1S/C25H36N2O4/c1-24(2,3)31-23(30)20-16-18-10-6-7-11-19(18)17-26(20)21(28)12-13-22(29)27-15-9-8-14-25(27,4)5/h6-7,10-11,20H,8-9,12-17H2,1-5H3/t20-/m0/s1. The Morgan fingerprint density at radius 1 is 1.03 bits per heavy atom. The topological polar surface area (TPSA) is 66.9 Å². The second kappa shape index (κ2) is 9.01. The number of ether oxygens (including phenoxy) is 1. The third-order valence-corrected chi connectivity index (χ3v) is 6.25. The van der Waals surface area contributed by atoms with Gasteiger partial charge in [0, 0.05) is 37.9 Å². The number of nitrogens with zero attached hydrogens (tertiary/aromatic N) is 2. The van der Waals surface area contributed by atoms with E-state index in [-0.39, 0.29) is 36.2 Å². The molecule has 2 amide bonds. The number of benzene rings is 1. The van der Waals surface area contributed by atoms with Gasteiger partial charge in [0.05, 0.1) is 0 Å². The molecule has 170 valence electrons. The predicted octanol–water partition coefficient (Wildman–Crippen LogP) is 3.85. The Labute approximate surface area is 185 Å². The Bertz CT molecular complexity index is 840. The molecule has 1 saturated heterocycles. The highest BCUT2D eigenvalue weighted by molar-refractivity contribution is 5.88. The summed E-state index contributed by atoms with van der Waals surface area (Å²) in [6.45, 7) is 10.8. The predicted molar refractivity (Wildman–Crippen MR) is 119 cm³/mol. The van der Waals surface area contributed by atoms with E-state index < -0.39 is 11.6 Å². The van der Waals surface area contributed by atoms with E-state index in [4.69, 9.17) is 4.74 Å². The van der Waals surface area contributed by atoms with Crippen LogP contribution in [0.25, 0.3) is 0 Å². The summed E-state index contributed by atoms with van der Waals surface area (Å²) in [4.78, 5) is 42.5. The highest BCUT2D eigenvalue weighted by Gasteiger charge is 2.38. The molecule has 1 aromatic rings. The number of piperidine rings is 1. The molecule has 2 aliphatic heterocycles. The Morgan fingerprint density at radius 3 is 2.32 bits per heavy atom. The zero-order chi connectivity index (χ0) is 22.8. The van der Waals surface area contributed by atoms with Crippen LogP contribution in [0.15, 0.2) is 24.3 Å². The van der Waals surface area contributed by atoms with Gasteiger partial charge in [0.25, 0.3) is 0 Å². The average Bonchev–Trinajstić information content (AvgIpc) is 2.69. The van der Waals surface area contributed by atoms with Gasteiger partial charge in [0.2, 0.25) is 11.8 Å². The maximum atomic E-state index is 13.2. The summed E-state index contributed by atoms with van der Waals surface area (Å²) < 4.78 is 5.61. The highest BCUT2D eigenvalue weighted by Crippen LogP contribution is 2.29. The number of fused-ring (bicyclic) bond motifs is 1. The number of hydrogen-bond donors (Lipinski definition) is 0. The van der Waals surface area contributed by atoms with Gasteiger partial charge in [-0.15, -0.1) is 0 Å². The SMILES string of the molecule is CC(C)(C)OC(=O)[C@@H]1Cc2ccccc2CN1C(=O)CCC(=O)N1CCCCC1(C)C. The summed E-state index contributed by atoms with van der Waals surface area (Å²) in [5, 5.41) is 0. The summed E-state index contributed by atoms with van der Waals surface area (Å²) in [6, 6.07) is 7.21. The van der Waals surface area contributed by atoms with Crippen molar-refractivity contribution in [3.8, 4) is 0 Å². The summed E-state index contributed by atoms with van der Waals surface area (Å²) in [6.07, 6.45) is 3.82.